The van der Waals surface area contributed by atoms with Gasteiger partial charge in [0.15, 0.2) is 5.16 Å². The second-order valence-electron chi connectivity index (χ2n) is 5.59. The lowest BCUT2D eigenvalue weighted by atomic mass is 10.3. The SMILES string of the molecule is CSc1ncc(CN2CCCN(C(=O)c3cnccn3)CC2)cn1. The minimum Gasteiger partial charge on any atom is -0.336 e. The first-order valence-electron chi connectivity index (χ1n) is 7.89. The van der Waals surface area contributed by atoms with Gasteiger partial charge in [-0.2, -0.15) is 0 Å². The van der Waals surface area contributed by atoms with E-state index >= 15 is 0 Å². The van der Waals surface area contributed by atoms with Crippen LogP contribution in [0.5, 0.6) is 0 Å². The monoisotopic (exact) mass is 344 g/mol. The molecule has 0 unspecified atom stereocenters. The van der Waals surface area contributed by atoms with Crippen molar-refractivity contribution in [1.29, 1.82) is 0 Å². The van der Waals surface area contributed by atoms with E-state index in [-0.39, 0.29) is 5.91 Å². The van der Waals surface area contributed by atoms with Crippen LogP contribution in [0.3, 0.4) is 0 Å². The number of carbonyl (C=O) groups excluding carboxylic acids is 1. The first-order valence-corrected chi connectivity index (χ1v) is 9.11. The van der Waals surface area contributed by atoms with Crippen LogP contribution in [0.2, 0.25) is 0 Å². The predicted molar refractivity (Wildman–Crippen MR) is 91.6 cm³/mol. The van der Waals surface area contributed by atoms with Crippen molar-refractivity contribution in [2.45, 2.75) is 18.1 Å². The van der Waals surface area contributed by atoms with E-state index in [1.54, 1.807) is 12.4 Å². The number of carbonyl (C=O) groups is 1. The Morgan fingerprint density at radius 3 is 2.62 bits per heavy atom. The maximum absolute atomic E-state index is 12.5. The van der Waals surface area contributed by atoms with Crippen molar-refractivity contribution in [1.82, 2.24) is 29.7 Å². The standard InChI is InChI=1S/C16H20N6OS/c1-24-16-19-9-13(10-20-16)12-21-5-2-6-22(8-7-21)15(23)14-11-17-3-4-18-14/h3-4,9-11H,2,5-8,12H2,1H3. The Hall–Kier alpha value is -2.06. The van der Waals surface area contributed by atoms with Crippen LogP contribution in [0.1, 0.15) is 22.5 Å². The third-order valence-corrected chi connectivity index (χ3v) is 4.50. The maximum Gasteiger partial charge on any atom is 0.274 e. The van der Waals surface area contributed by atoms with Gasteiger partial charge in [0, 0.05) is 63.1 Å². The smallest absolute Gasteiger partial charge is 0.274 e. The minimum atomic E-state index is -0.0439. The summed E-state index contributed by atoms with van der Waals surface area (Å²) in [6.07, 6.45) is 11.3. The van der Waals surface area contributed by atoms with Gasteiger partial charge in [-0.3, -0.25) is 14.7 Å². The third kappa shape index (κ3) is 4.27. The van der Waals surface area contributed by atoms with Crippen LogP contribution in [0.4, 0.5) is 0 Å². The van der Waals surface area contributed by atoms with Crippen LogP contribution in [0.25, 0.3) is 0 Å². The number of aromatic nitrogens is 4. The number of amides is 1. The lowest BCUT2D eigenvalue weighted by Gasteiger charge is -2.21. The fourth-order valence-electron chi connectivity index (χ4n) is 2.69. The van der Waals surface area contributed by atoms with Crippen LogP contribution in [-0.4, -0.2) is 68.1 Å². The molecule has 8 heteroatoms. The second kappa shape index (κ2) is 8.16. The minimum absolute atomic E-state index is 0.0439. The molecule has 0 aromatic carbocycles. The van der Waals surface area contributed by atoms with Crippen molar-refractivity contribution < 1.29 is 4.79 Å². The molecule has 7 nitrogen and oxygen atoms in total. The Morgan fingerprint density at radius 2 is 1.92 bits per heavy atom. The molecule has 0 aliphatic carbocycles. The van der Waals surface area contributed by atoms with Gasteiger partial charge in [-0.15, -0.1) is 0 Å². The summed E-state index contributed by atoms with van der Waals surface area (Å²) < 4.78 is 0. The van der Waals surface area contributed by atoms with Crippen molar-refractivity contribution in [2.24, 2.45) is 0 Å². The van der Waals surface area contributed by atoms with Crippen LogP contribution in [0, 0.1) is 0 Å². The van der Waals surface area contributed by atoms with Crippen molar-refractivity contribution >= 4 is 17.7 Å². The first kappa shape index (κ1) is 16.8. The van der Waals surface area contributed by atoms with Gasteiger partial charge in [-0.05, 0) is 12.7 Å². The Bertz CT molecular complexity index is 666. The largest absolute Gasteiger partial charge is 0.336 e. The molecule has 24 heavy (non-hydrogen) atoms. The van der Waals surface area contributed by atoms with Gasteiger partial charge in [-0.1, -0.05) is 11.8 Å². The molecule has 1 fully saturated rings. The fourth-order valence-corrected chi connectivity index (χ4v) is 3.01. The molecule has 3 heterocycles. The van der Waals surface area contributed by atoms with Gasteiger partial charge in [0.05, 0.1) is 6.20 Å². The van der Waals surface area contributed by atoms with E-state index in [2.05, 4.69) is 24.8 Å². The molecule has 2 aromatic heterocycles. The zero-order chi connectivity index (χ0) is 16.8. The average molecular weight is 344 g/mol. The van der Waals surface area contributed by atoms with Crippen LogP contribution < -0.4 is 0 Å². The molecule has 0 bridgehead atoms. The molecule has 1 aliphatic heterocycles. The number of hydrogen-bond acceptors (Lipinski definition) is 7. The molecule has 1 saturated heterocycles. The summed E-state index contributed by atoms with van der Waals surface area (Å²) in [5, 5.41) is 0.787. The molecule has 0 saturated carbocycles. The summed E-state index contributed by atoms with van der Waals surface area (Å²) in [7, 11) is 0. The third-order valence-electron chi connectivity index (χ3n) is 3.93. The number of rotatable bonds is 4. The molecule has 1 aliphatic rings. The van der Waals surface area contributed by atoms with Gasteiger partial charge >= 0.3 is 0 Å². The highest BCUT2D eigenvalue weighted by molar-refractivity contribution is 7.98. The van der Waals surface area contributed by atoms with E-state index in [0.717, 1.165) is 43.3 Å². The van der Waals surface area contributed by atoms with Crippen LogP contribution >= 0.6 is 11.8 Å². The predicted octanol–water partition coefficient (Wildman–Crippen LogP) is 1.34. The van der Waals surface area contributed by atoms with Gasteiger partial charge in [0.25, 0.3) is 5.91 Å². The lowest BCUT2D eigenvalue weighted by Crippen LogP contribution is -2.35. The summed E-state index contributed by atoms with van der Waals surface area (Å²) >= 11 is 1.54. The van der Waals surface area contributed by atoms with Gasteiger partial charge < -0.3 is 4.90 Å². The highest BCUT2D eigenvalue weighted by Crippen LogP contribution is 2.12. The van der Waals surface area contributed by atoms with E-state index in [4.69, 9.17) is 0 Å². The Labute approximate surface area is 145 Å². The molecule has 126 valence electrons. The molecule has 1 amide bonds. The summed E-state index contributed by atoms with van der Waals surface area (Å²) in [5.41, 5.74) is 1.51. The summed E-state index contributed by atoms with van der Waals surface area (Å²) in [5.74, 6) is -0.0439. The zero-order valence-electron chi connectivity index (χ0n) is 13.6. The molecule has 0 N–H and O–H groups in total. The molecule has 0 spiro atoms. The topological polar surface area (TPSA) is 75.1 Å². The summed E-state index contributed by atoms with van der Waals surface area (Å²) in [6, 6.07) is 0. The number of nitrogens with zero attached hydrogens (tertiary/aromatic N) is 6. The Morgan fingerprint density at radius 1 is 1.08 bits per heavy atom. The van der Waals surface area contributed by atoms with Crippen molar-refractivity contribution in [2.75, 3.05) is 32.4 Å². The molecule has 3 rings (SSSR count). The molecule has 0 atom stereocenters. The quantitative estimate of drug-likeness (QED) is 0.612. The van der Waals surface area contributed by atoms with E-state index < -0.39 is 0 Å². The van der Waals surface area contributed by atoms with Crippen molar-refractivity contribution in [3.8, 4) is 0 Å². The number of thioether (sulfide) groups is 1. The first-order chi connectivity index (χ1) is 11.8. The lowest BCUT2D eigenvalue weighted by molar-refractivity contribution is 0.0754. The van der Waals surface area contributed by atoms with Gasteiger partial charge in [-0.25, -0.2) is 15.0 Å². The van der Waals surface area contributed by atoms with E-state index in [0.29, 0.717) is 12.2 Å². The maximum atomic E-state index is 12.5. The Balaban J connectivity index is 1.57. The molecule has 0 radical (unpaired) electrons. The molecule has 2 aromatic rings. The van der Waals surface area contributed by atoms with E-state index in [1.807, 2.05) is 23.5 Å². The van der Waals surface area contributed by atoms with E-state index in [9.17, 15) is 4.79 Å². The number of hydrogen-bond donors (Lipinski definition) is 0. The summed E-state index contributed by atoms with van der Waals surface area (Å²) in [4.78, 5) is 33.4. The van der Waals surface area contributed by atoms with Gasteiger partial charge in [0.2, 0.25) is 0 Å². The fraction of sp³-hybridized carbons (Fsp3) is 0.438. The van der Waals surface area contributed by atoms with Gasteiger partial charge in [0.1, 0.15) is 5.69 Å². The second-order valence-corrected chi connectivity index (χ2v) is 6.36. The zero-order valence-corrected chi connectivity index (χ0v) is 14.4. The Kier molecular flexibility index (Phi) is 5.71. The molecular formula is C16H20N6OS. The summed E-state index contributed by atoms with van der Waals surface area (Å²) in [6.45, 7) is 4.03. The highest BCUT2D eigenvalue weighted by atomic mass is 32.2. The van der Waals surface area contributed by atoms with Crippen LogP contribution in [-0.2, 0) is 6.54 Å². The van der Waals surface area contributed by atoms with Crippen LogP contribution in [0.15, 0.2) is 36.1 Å². The molecular weight excluding hydrogens is 324 g/mol. The highest BCUT2D eigenvalue weighted by Gasteiger charge is 2.21. The van der Waals surface area contributed by atoms with E-state index in [1.165, 1.54) is 18.0 Å². The normalized spacial score (nSPS) is 16.0. The average Bonchev–Trinajstić information content (AvgIpc) is 2.88. The van der Waals surface area contributed by atoms with Crippen molar-refractivity contribution in [3.05, 3.63) is 42.2 Å². The van der Waals surface area contributed by atoms with Crippen molar-refractivity contribution in [3.63, 3.8) is 0 Å².